The summed E-state index contributed by atoms with van der Waals surface area (Å²) in [5, 5.41) is 0. The van der Waals surface area contributed by atoms with Crippen LogP contribution in [-0.2, 0) is 14.8 Å². The van der Waals surface area contributed by atoms with Crippen molar-refractivity contribution in [3.63, 3.8) is 0 Å². The summed E-state index contributed by atoms with van der Waals surface area (Å²) in [5.74, 6) is -0.398. The molecule has 1 saturated carbocycles. The zero-order chi connectivity index (χ0) is 14.1. The van der Waals surface area contributed by atoms with Gasteiger partial charge in [0.05, 0.1) is 5.41 Å². The number of hydrogen-bond acceptors (Lipinski definition) is 4. The van der Waals surface area contributed by atoms with E-state index in [0.29, 0.717) is 12.8 Å². The van der Waals surface area contributed by atoms with Crippen molar-refractivity contribution in [1.29, 1.82) is 0 Å². The molecule has 1 aromatic heterocycles. The molecule has 19 heavy (non-hydrogen) atoms. The first-order valence-corrected chi connectivity index (χ1v) is 7.54. The van der Waals surface area contributed by atoms with Crippen LogP contribution in [0.2, 0.25) is 0 Å². The van der Waals surface area contributed by atoms with Crippen molar-refractivity contribution in [3.05, 3.63) is 37.2 Å². The van der Waals surface area contributed by atoms with Crippen LogP contribution in [0.15, 0.2) is 42.1 Å². The van der Waals surface area contributed by atoms with Gasteiger partial charge in [-0.25, -0.2) is 13.1 Å². The highest BCUT2D eigenvalue weighted by Crippen LogP contribution is 2.56. The van der Waals surface area contributed by atoms with Crippen LogP contribution in [0.1, 0.15) is 19.8 Å². The van der Waals surface area contributed by atoms with Crippen LogP contribution >= 0.6 is 0 Å². The third kappa shape index (κ3) is 2.40. The number of pyridine rings is 1. The second-order valence-electron chi connectivity index (χ2n) is 4.68. The number of carbonyl (C=O) groups excluding carboxylic acids is 1. The summed E-state index contributed by atoms with van der Waals surface area (Å²) in [6.45, 7) is 5.54. The first-order valence-electron chi connectivity index (χ1n) is 6.06. The fourth-order valence-corrected chi connectivity index (χ4v) is 3.28. The van der Waals surface area contributed by atoms with E-state index >= 15 is 0 Å². The summed E-state index contributed by atoms with van der Waals surface area (Å²) in [5.41, 5.74) is -0.614. The number of rotatable bonds is 5. The number of hydrogen-bond donors (Lipinski definition) is 1. The van der Waals surface area contributed by atoms with Crippen molar-refractivity contribution in [1.82, 2.24) is 9.71 Å². The summed E-state index contributed by atoms with van der Waals surface area (Å²) in [6.07, 6.45) is 5.65. The Morgan fingerprint density at radius 2 is 2.42 bits per heavy atom. The van der Waals surface area contributed by atoms with Crippen molar-refractivity contribution in [2.45, 2.75) is 24.7 Å². The molecule has 0 spiro atoms. The van der Waals surface area contributed by atoms with Gasteiger partial charge in [-0.05, 0) is 30.9 Å². The van der Waals surface area contributed by atoms with E-state index in [4.69, 9.17) is 0 Å². The van der Waals surface area contributed by atoms with Crippen LogP contribution in [0.25, 0.3) is 0 Å². The lowest BCUT2D eigenvalue weighted by Gasteiger charge is -2.14. The molecular weight excluding hydrogens is 264 g/mol. The smallest absolute Gasteiger partial charge is 0.265 e. The summed E-state index contributed by atoms with van der Waals surface area (Å²) in [6, 6.07) is 2.91. The Bertz CT molecular complexity index is 598. The Morgan fingerprint density at radius 1 is 1.68 bits per heavy atom. The van der Waals surface area contributed by atoms with E-state index in [1.54, 1.807) is 6.08 Å². The molecule has 1 N–H and O–H groups in total. The highest BCUT2D eigenvalue weighted by atomic mass is 32.2. The zero-order valence-electron chi connectivity index (χ0n) is 10.7. The molecule has 0 unspecified atom stereocenters. The molecule has 1 aromatic rings. The van der Waals surface area contributed by atoms with Crippen LogP contribution in [0.5, 0.6) is 0 Å². The average molecular weight is 280 g/mol. The van der Waals surface area contributed by atoms with Gasteiger partial charge in [0.1, 0.15) is 4.90 Å². The number of aromatic nitrogens is 1. The average Bonchev–Trinajstić information content (AvgIpc) is 3.14. The minimum atomic E-state index is -3.84. The van der Waals surface area contributed by atoms with E-state index in [1.165, 1.54) is 24.5 Å². The van der Waals surface area contributed by atoms with Crippen LogP contribution in [-0.4, -0.2) is 19.3 Å². The maximum absolute atomic E-state index is 12.2. The molecule has 1 amide bonds. The molecule has 0 radical (unpaired) electrons. The van der Waals surface area contributed by atoms with E-state index < -0.39 is 21.3 Å². The normalized spacial score (nSPS) is 25.6. The highest BCUT2D eigenvalue weighted by Gasteiger charge is 2.57. The Hall–Kier alpha value is -1.69. The third-order valence-corrected chi connectivity index (χ3v) is 4.99. The quantitative estimate of drug-likeness (QED) is 0.829. The maximum atomic E-state index is 12.2. The standard InChI is InChI=1S/C13H16N2O3S/c1-3-10-8-13(10,4-2)12(16)15-19(17,18)11-6-5-7-14-9-11/h3,5-7,9-10H,1,4,8H2,2H3,(H,15,16)/t10-,13+/m1/s1. The van der Waals surface area contributed by atoms with Gasteiger partial charge in [0, 0.05) is 12.4 Å². The van der Waals surface area contributed by atoms with Gasteiger partial charge in [-0.1, -0.05) is 13.0 Å². The molecule has 1 heterocycles. The van der Waals surface area contributed by atoms with Crippen LogP contribution in [0.3, 0.4) is 0 Å². The van der Waals surface area contributed by atoms with Crippen molar-refractivity contribution < 1.29 is 13.2 Å². The predicted octanol–water partition coefficient (Wildman–Crippen LogP) is 1.49. The SMILES string of the molecule is C=C[C@@H]1C[C@]1(CC)C(=O)NS(=O)(=O)c1cccnc1. The topological polar surface area (TPSA) is 76.1 Å². The zero-order valence-corrected chi connectivity index (χ0v) is 11.5. The highest BCUT2D eigenvalue weighted by molar-refractivity contribution is 7.90. The van der Waals surface area contributed by atoms with Crippen molar-refractivity contribution in [2.75, 3.05) is 0 Å². The fraction of sp³-hybridized carbons (Fsp3) is 0.385. The van der Waals surface area contributed by atoms with Gasteiger partial charge in [0.2, 0.25) is 5.91 Å². The van der Waals surface area contributed by atoms with E-state index in [9.17, 15) is 13.2 Å². The molecule has 1 aliphatic rings. The third-order valence-electron chi connectivity index (χ3n) is 3.67. The Morgan fingerprint density at radius 3 is 2.89 bits per heavy atom. The summed E-state index contributed by atoms with van der Waals surface area (Å²) < 4.78 is 26.2. The van der Waals surface area contributed by atoms with Gasteiger partial charge in [-0.2, -0.15) is 0 Å². The maximum Gasteiger partial charge on any atom is 0.265 e. The van der Waals surface area contributed by atoms with Gasteiger partial charge in [-0.3, -0.25) is 9.78 Å². The van der Waals surface area contributed by atoms with Crippen molar-refractivity contribution in [2.24, 2.45) is 11.3 Å². The van der Waals surface area contributed by atoms with E-state index in [-0.39, 0.29) is 10.8 Å². The van der Waals surface area contributed by atoms with Crippen LogP contribution in [0.4, 0.5) is 0 Å². The van der Waals surface area contributed by atoms with E-state index in [2.05, 4.69) is 16.3 Å². The molecule has 5 nitrogen and oxygen atoms in total. The molecular formula is C13H16N2O3S. The van der Waals surface area contributed by atoms with Gasteiger partial charge in [0.15, 0.2) is 0 Å². The Kier molecular flexibility index (Phi) is 3.45. The molecule has 1 fully saturated rings. The number of carbonyl (C=O) groups is 1. The molecule has 0 aromatic carbocycles. The summed E-state index contributed by atoms with van der Waals surface area (Å²) in [4.78, 5) is 15.9. The van der Waals surface area contributed by atoms with E-state index in [0.717, 1.165) is 0 Å². The first kappa shape index (κ1) is 13.7. The minimum absolute atomic E-state index is 0.00888. The number of amides is 1. The number of nitrogens with zero attached hydrogens (tertiary/aromatic N) is 1. The van der Waals surface area contributed by atoms with E-state index in [1.807, 2.05) is 6.92 Å². The van der Waals surface area contributed by atoms with Gasteiger partial charge in [0.25, 0.3) is 10.0 Å². The minimum Gasteiger partial charge on any atom is -0.273 e. The van der Waals surface area contributed by atoms with Crippen molar-refractivity contribution in [3.8, 4) is 0 Å². The monoisotopic (exact) mass is 280 g/mol. The first-order chi connectivity index (χ1) is 8.96. The molecule has 1 aliphatic carbocycles. The molecule has 2 atom stereocenters. The lowest BCUT2D eigenvalue weighted by atomic mass is 10.00. The van der Waals surface area contributed by atoms with Gasteiger partial charge < -0.3 is 0 Å². The largest absolute Gasteiger partial charge is 0.273 e. The lowest BCUT2D eigenvalue weighted by Crippen LogP contribution is -2.37. The molecule has 102 valence electrons. The van der Waals surface area contributed by atoms with Gasteiger partial charge >= 0.3 is 0 Å². The Balaban J connectivity index is 2.18. The summed E-state index contributed by atoms with van der Waals surface area (Å²) in [7, 11) is -3.84. The fourth-order valence-electron chi connectivity index (χ4n) is 2.26. The van der Waals surface area contributed by atoms with Gasteiger partial charge in [-0.15, -0.1) is 6.58 Å². The Labute approximate surface area is 112 Å². The summed E-state index contributed by atoms with van der Waals surface area (Å²) >= 11 is 0. The lowest BCUT2D eigenvalue weighted by molar-refractivity contribution is -0.124. The number of nitrogens with one attached hydrogen (secondary N) is 1. The molecule has 0 saturated heterocycles. The van der Waals surface area contributed by atoms with Crippen LogP contribution in [0, 0.1) is 11.3 Å². The van der Waals surface area contributed by atoms with Crippen molar-refractivity contribution >= 4 is 15.9 Å². The second kappa shape index (κ2) is 4.77. The molecule has 0 bridgehead atoms. The molecule has 6 heteroatoms. The number of allylic oxidation sites excluding steroid dienone is 1. The molecule has 0 aliphatic heterocycles. The molecule has 2 rings (SSSR count). The second-order valence-corrected chi connectivity index (χ2v) is 6.36. The van der Waals surface area contributed by atoms with Crippen LogP contribution < -0.4 is 4.72 Å². The number of sulfonamides is 1. The predicted molar refractivity (Wildman–Crippen MR) is 70.6 cm³/mol.